The predicted octanol–water partition coefficient (Wildman–Crippen LogP) is 0.244. The van der Waals surface area contributed by atoms with Gasteiger partial charge in [-0.05, 0) is 5.56 Å². The summed E-state index contributed by atoms with van der Waals surface area (Å²) in [5, 5.41) is 2.54. The van der Waals surface area contributed by atoms with Crippen LogP contribution in [0.3, 0.4) is 0 Å². The summed E-state index contributed by atoms with van der Waals surface area (Å²) in [6.45, 7) is 0. The van der Waals surface area contributed by atoms with Crippen LogP contribution in [0.1, 0.15) is 18.4 Å². The van der Waals surface area contributed by atoms with Gasteiger partial charge in [0.1, 0.15) is 6.04 Å². The summed E-state index contributed by atoms with van der Waals surface area (Å²) < 4.78 is 14.1. The van der Waals surface area contributed by atoms with Gasteiger partial charge in [0.25, 0.3) is 0 Å². The highest BCUT2D eigenvalue weighted by atomic mass is 16.5. The van der Waals surface area contributed by atoms with Crippen LogP contribution in [-0.2, 0) is 30.3 Å². The molecule has 1 rings (SSSR count). The van der Waals surface area contributed by atoms with Crippen LogP contribution < -0.4 is 10.1 Å². The van der Waals surface area contributed by atoms with Crippen molar-refractivity contribution < 1.29 is 28.6 Å². The number of amides is 1. The highest BCUT2D eigenvalue weighted by Gasteiger charge is 2.22. The summed E-state index contributed by atoms with van der Waals surface area (Å²) in [6, 6.07) is 2.53. The molecule has 0 aromatic carbocycles. The number of carbonyl (C=O) groups excluding carboxylic acids is 3. The summed E-state index contributed by atoms with van der Waals surface area (Å²) in [6.07, 6.45) is 1.64. The van der Waals surface area contributed by atoms with E-state index >= 15 is 0 Å². The fraction of sp³-hybridized carbons (Fsp3) is 0.467. The van der Waals surface area contributed by atoms with Crippen LogP contribution in [0.25, 0.3) is 0 Å². The van der Waals surface area contributed by atoms with Crippen molar-refractivity contribution in [2.24, 2.45) is 0 Å². The maximum atomic E-state index is 11.8. The molecule has 1 atom stereocenters. The third-order valence-electron chi connectivity index (χ3n) is 3.05. The molecule has 0 fully saturated rings. The van der Waals surface area contributed by atoms with Gasteiger partial charge in [-0.15, -0.1) is 0 Å². The molecule has 8 nitrogen and oxygen atoms in total. The Morgan fingerprint density at radius 2 is 1.87 bits per heavy atom. The first-order valence-corrected chi connectivity index (χ1v) is 6.93. The SMILES string of the molecule is COC(=O)CCC(=O)N[C@H](Cc1ccc(OC)nc1)C(=O)OC. The van der Waals surface area contributed by atoms with Gasteiger partial charge < -0.3 is 19.5 Å². The lowest BCUT2D eigenvalue weighted by Gasteiger charge is -2.16. The number of aromatic nitrogens is 1. The van der Waals surface area contributed by atoms with Gasteiger partial charge in [-0.25, -0.2) is 9.78 Å². The molecule has 1 heterocycles. The Balaban J connectivity index is 2.66. The minimum atomic E-state index is -0.861. The van der Waals surface area contributed by atoms with Crippen molar-refractivity contribution in [2.75, 3.05) is 21.3 Å². The van der Waals surface area contributed by atoms with Gasteiger partial charge in [0.2, 0.25) is 11.8 Å². The van der Waals surface area contributed by atoms with Crippen molar-refractivity contribution in [3.05, 3.63) is 23.9 Å². The van der Waals surface area contributed by atoms with Gasteiger partial charge in [0.15, 0.2) is 0 Å². The molecule has 0 saturated carbocycles. The monoisotopic (exact) mass is 324 g/mol. The van der Waals surface area contributed by atoms with E-state index in [-0.39, 0.29) is 19.3 Å². The molecule has 0 aliphatic carbocycles. The molecule has 0 saturated heterocycles. The summed E-state index contributed by atoms with van der Waals surface area (Å²) in [7, 11) is 3.98. The summed E-state index contributed by atoms with van der Waals surface area (Å²) in [4.78, 5) is 38.7. The Kier molecular flexibility index (Phi) is 7.52. The number of hydrogen-bond donors (Lipinski definition) is 1. The van der Waals surface area contributed by atoms with Crippen LogP contribution in [0.2, 0.25) is 0 Å². The first-order valence-electron chi connectivity index (χ1n) is 6.93. The molecular formula is C15H20N2O6. The molecule has 1 amide bonds. The number of carbonyl (C=O) groups is 3. The number of hydrogen-bond acceptors (Lipinski definition) is 7. The number of nitrogens with zero attached hydrogens (tertiary/aromatic N) is 1. The maximum Gasteiger partial charge on any atom is 0.328 e. The zero-order valence-corrected chi connectivity index (χ0v) is 13.3. The van der Waals surface area contributed by atoms with Crippen LogP contribution in [0.5, 0.6) is 5.88 Å². The molecule has 1 aromatic heterocycles. The van der Waals surface area contributed by atoms with Crippen LogP contribution in [0.15, 0.2) is 18.3 Å². The van der Waals surface area contributed by atoms with E-state index in [2.05, 4.69) is 19.8 Å². The lowest BCUT2D eigenvalue weighted by Crippen LogP contribution is -2.43. The molecule has 0 aliphatic rings. The molecule has 0 unspecified atom stereocenters. The van der Waals surface area contributed by atoms with Crippen LogP contribution in [0, 0.1) is 0 Å². The highest BCUT2D eigenvalue weighted by Crippen LogP contribution is 2.09. The summed E-state index contributed by atoms with van der Waals surface area (Å²) >= 11 is 0. The quantitative estimate of drug-likeness (QED) is 0.683. The minimum Gasteiger partial charge on any atom is -0.481 e. The van der Waals surface area contributed by atoms with Crippen molar-refractivity contribution in [2.45, 2.75) is 25.3 Å². The molecule has 0 bridgehead atoms. The van der Waals surface area contributed by atoms with Crippen molar-refractivity contribution in [1.29, 1.82) is 0 Å². The molecule has 0 spiro atoms. The van der Waals surface area contributed by atoms with Crippen molar-refractivity contribution in [3.8, 4) is 5.88 Å². The number of ether oxygens (including phenoxy) is 3. The smallest absolute Gasteiger partial charge is 0.328 e. The molecule has 126 valence electrons. The van der Waals surface area contributed by atoms with Gasteiger partial charge in [0, 0.05) is 25.1 Å². The van der Waals surface area contributed by atoms with Crippen LogP contribution in [0.4, 0.5) is 0 Å². The zero-order valence-electron chi connectivity index (χ0n) is 13.3. The van der Waals surface area contributed by atoms with E-state index in [1.54, 1.807) is 18.3 Å². The standard InChI is InChI=1S/C15H20N2O6/c1-21-13-6-4-10(9-16-13)8-11(15(20)23-3)17-12(18)5-7-14(19)22-2/h4,6,9,11H,5,7-8H2,1-3H3,(H,17,18)/t11-/m1/s1. The molecular weight excluding hydrogens is 304 g/mol. The first-order chi connectivity index (χ1) is 11.0. The second-order valence-corrected chi connectivity index (χ2v) is 4.63. The van der Waals surface area contributed by atoms with E-state index in [0.717, 1.165) is 5.56 Å². The third kappa shape index (κ3) is 6.33. The maximum absolute atomic E-state index is 11.8. The molecule has 23 heavy (non-hydrogen) atoms. The Morgan fingerprint density at radius 3 is 2.39 bits per heavy atom. The van der Waals surface area contributed by atoms with Crippen molar-refractivity contribution in [3.63, 3.8) is 0 Å². The highest BCUT2D eigenvalue weighted by molar-refractivity contribution is 5.86. The molecule has 8 heteroatoms. The lowest BCUT2D eigenvalue weighted by atomic mass is 10.1. The van der Waals surface area contributed by atoms with E-state index in [9.17, 15) is 14.4 Å². The molecule has 1 N–H and O–H groups in total. The fourth-order valence-corrected chi connectivity index (χ4v) is 1.81. The van der Waals surface area contributed by atoms with E-state index in [1.165, 1.54) is 21.3 Å². The Hall–Kier alpha value is -2.64. The Morgan fingerprint density at radius 1 is 1.13 bits per heavy atom. The van der Waals surface area contributed by atoms with E-state index in [1.807, 2.05) is 0 Å². The Labute approximate surface area is 134 Å². The third-order valence-corrected chi connectivity index (χ3v) is 3.05. The fourth-order valence-electron chi connectivity index (χ4n) is 1.81. The van der Waals surface area contributed by atoms with E-state index < -0.39 is 23.9 Å². The van der Waals surface area contributed by atoms with Gasteiger partial charge in [-0.3, -0.25) is 9.59 Å². The Bertz CT molecular complexity index is 543. The second kappa shape index (κ2) is 9.39. The lowest BCUT2D eigenvalue weighted by molar-refractivity contribution is -0.145. The number of nitrogens with one attached hydrogen (secondary N) is 1. The second-order valence-electron chi connectivity index (χ2n) is 4.63. The minimum absolute atomic E-state index is 0.0552. The van der Waals surface area contributed by atoms with Crippen LogP contribution in [-0.4, -0.2) is 50.2 Å². The topological polar surface area (TPSA) is 104 Å². The van der Waals surface area contributed by atoms with Gasteiger partial charge in [-0.1, -0.05) is 6.07 Å². The summed E-state index contributed by atoms with van der Waals surface area (Å²) in [5.74, 6) is -1.06. The first kappa shape index (κ1) is 18.4. The van der Waals surface area contributed by atoms with Gasteiger partial charge in [0.05, 0.1) is 27.8 Å². The van der Waals surface area contributed by atoms with Crippen molar-refractivity contribution >= 4 is 17.8 Å². The molecule has 1 aromatic rings. The summed E-state index contributed by atoms with van der Waals surface area (Å²) in [5.41, 5.74) is 0.731. The number of esters is 2. The van der Waals surface area contributed by atoms with Crippen LogP contribution >= 0.6 is 0 Å². The average molecular weight is 324 g/mol. The molecule has 0 aliphatic heterocycles. The van der Waals surface area contributed by atoms with Gasteiger partial charge >= 0.3 is 11.9 Å². The van der Waals surface area contributed by atoms with Crippen molar-refractivity contribution in [1.82, 2.24) is 10.3 Å². The number of pyridine rings is 1. The average Bonchev–Trinajstić information content (AvgIpc) is 2.58. The van der Waals surface area contributed by atoms with E-state index in [4.69, 9.17) is 4.74 Å². The largest absolute Gasteiger partial charge is 0.481 e. The number of rotatable bonds is 8. The van der Waals surface area contributed by atoms with Gasteiger partial charge in [-0.2, -0.15) is 0 Å². The normalized spacial score (nSPS) is 11.3. The molecule has 0 radical (unpaired) electrons. The predicted molar refractivity (Wildman–Crippen MR) is 79.7 cm³/mol. The van der Waals surface area contributed by atoms with E-state index in [0.29, 0.717) is 5.88 Å². The number of methoxy groups -OCH3 is 3. The zero-order chi connectivity index (χ0) is 17.2.